The number of nitrogens with one attached hydrogen (secondary N) is 1. The zero-order valence-electron chi connectivity index (χ0n) is 12.2. The summed E-state index contributed by atoms with van der Waals surface area (Å²) in [5.74, 6) is 0.378. The first kappa shape index (κ1) is 15.8. The van der Waals surface area contributed by atoms with Crippen LogP contribution in [0, 0.1) is 12.7 Å². The van der Waals surface area contributed by atoms with Gasteiger partial charge in [-0.1, -0.05) is 42.8 Å². The minimum atomic E-state index is -0.234. The minimum Gasteiger partial charge on any atom is -0.490 e. The number of aryl methyl sites for hydroxylation is 1. The maximum atomic E-state index is 13.9. The van der Waals surface area contributed by atoms with Gasteiger partial charge in [0.15, 0.2) is 0 Å². The van der Waals surface area contributed by atoms with Gasteiger partial charge in [-0.2, -0.15) is 0 Å². The Bertz CT molecular complexity index is 603. The number of hydrogen-bond donors (Lipinski definition) is 1. The molecule has 0 fully saturated rings. The lowest BCUT2D eigenvalue weighted by atomic mass is 10.1. The van der Waals surface area contributed by atoms with E-state index in [0.717, 1.165) is 12.1 Å². The summed E-state index contributed by atoms with van der Waals surface area (Å²) in [6.07, 6.45) is 0. The standard InChI is InChI=1S/C17H19ClFNO/c1-3-20-16(13-6-4-5-7-15(13)19)11-21-17-9-8-12(2)10-14(17)18/h4-10,16,20H,3,11H2,1-2H3. The Balaban J connectivity index is 2.12. The van der Waals surface area contributed by atoms with Gasteiger partial charge < -0.3 is 10.1 Å². The van der Waals surface area contributed by atoms with Crippen molar-refractivity contribution in [3.05, 3.63) is 64.4 Å². The summed E-state index contributed by atoms with van der Waals surface area (Å²) >= 11 is 6.15. The van der Waals surface area contributed by atoms with Gasteiger partial charge >= 0.3 is 0 Å². The second-order valence-corrected chi connectivity index (χ2v) is 5.28. The summed E-state index contributed by atoms with van der Waals surface area (Å²) in [5, 5.41) is 3.80. The summed E-state index contributed by atoms with van der Waals surface area (Å²) in [5.41, 5.74) is 1.67. The summed E-state index contributed by atoms with van der Waals surface area (Å²) in [6.45, 7) is 4.99. The van der Waals surface area contributed by atoms with Crippen LogP contribution in [-0.2, 0) is 0 Å². The van der Waals surface area contributed by atoms with Crippen LogP contribution in [0.2, 0.25) is 5.02 Å². The van der Waals surface area contributed by atoms with Gasteiger partial charge in [-0.3, -0.25) is 0 Å². The quantitative estimate of drug-likeness (QED) is 0.847. The number of ether oxygens (including phenoxy) is 1. The molecule has 2 aromatic rings. The number of benzene rings is 2. The number of rotatable bonds is 6. The second-order valence-electron chi connectivity index (χ2n) is 4.88. The van der Waals surface area contributed by atoms with Crippen molar-refractivity contribution in [2.24, 2.45) is 0 Å². The maximum absolute atomic E-state index is 13.9. The lowest BCUT2D eigenvalue weighted by Gasteiger charge is -2.20. The van der Waals surface area contributed by atoms with E-state index in [4.69, 9.17) is 16.3 Å². The monoisotopic (exact) mass is 307 g/mol. The summed E-state index contributed by atoms with van der Waals surface area (Å²) in [4.78, 5) is 0. The molecular formula is C17H19ClFNO. The van der Waals surface area contributed by atoms with Crippen LogP contribution in [0.25, 0.3) is 0 Å². The summed E-state index contributed by atoms with van der Waals surface area (Å²) in [6, 6.07) is 12.1. The maximum Gasteiger partial charge on any atom is 0.138 e. The highest BCUT2D eigenvalue weighted by molar-refractivity contribution is 6.32. The van der Waals surface area contributed by atoms with E-state index >= 15 is 0 Å². The molecule has 0 aliphatic carbocycles. The van der Waals surface area contributed by atoms with Crippen LogP contribution in [0.4, 0.5) is 4.39 Å². The van der Waals surface area contributed by atoms with Crippen LogP contribution in [0.15, 0.2) is 42.5 Å². The smallest absolute Gasteiger partial charge is 0.138 e. The van der Waals surface area contributed by atoms with Crippen molar-refractivity contribution in [3.63, 3.8) is 0 Å². The SMILES string of the molecule is CCNC(COc1ccc(C)cc1Cl)c1ccccc1F. The van der Waals surface area contributed by atoms with Crippen molar-refractivity contribution in [3.8, 4) is 5.75 Å². The van der Waals surface area contributed by atoms with Crippen molar-refractivity contribution < 1.29 is 9.13 Å². The van der Waals surface area contributed by atoms with Crippen molar-refractivity contribution in [1.29, 1.82) is 0 Å². The van der Waals surface area contributed by atoms with E-state index in [-0.39, 0.29) is 11.9 Å². The number of halogens is 2. The molecule has 1 unspecified atom stereocenters. The van der Waals surface area contributed by atoms with Crippen molar-refractivity contribution in [1.82, 2.24) is 5.32 Å². The Morgan fingerprint density at radius 3 is 2.67 bits per heavy atom. The van der Waals surface area contributed by atoms with Gasteiger partial charge in [0.2, 0.25) is 0 Å². The molecule has 4 heteroatoms. The van der Waals surface area contributed by atoms with Gasteiger partial charge in [0.25, 0.3) is 0 Å². The van der Waals surface area contributed by atoms with E-state index in [1.54, 1.807) is 12.1 Å². The van der Waals surface area contributed by atoms with E-state index < -0.39 is 0 Å². The van der Waals surface area contributed by atoms with E-state index in [0.29, 0.717) is 22.9 Å². The Morgan fingerprint density at radius 1 is 1.24 bits per heavy atom. The number of hydrogen-bond acceptors (Lipinski definition) is 2. The normalized spacial score (nSPS) is 12.2. The fraction of sp³-hybridized carbons (Fsp3) is 0.294. The first-order valence-corrected chi connectivity index (χ1v) is 7.36. The van der Waals surface area contributed by atoms with Gasteiger partial charge in [-0.05, 0) is 37.2 Å². The van der Waals surface area contributed by atoms with Crippen LogP contribution in [0.3, 0.4) is 0 Å². The van der Waals surface area contributed by atoms with Crippen molar-refractivity contribution in [2.75, 3.05) is 13.2 Å². The molecule has 21 heavy (non-hydrogen) atoms. The average molecular weight is 308 g/mol. The summed E-state index contributed by atoms with van der Waals surface area (Å²) < 4.78 is 19.7. The molecule has 0 spiro atoms. The second kappa shape index (κ2) is 7.43. The zero-order chi connectivity index (χ0) is 15.2. The van der Waals surface area contributed by atoms with E-state index in [2.05, 4.69) is 5.32 Å². The van der Waals surface area contributed by atoms with E-state index in [1.165, 1.54) is 6.07 Å². The molecule has 2 nitrogen and oxygen atoms in total. The zero-order valence-corrected chi connectivity index (χ0v) is 13.0. The first-order valence-electron chi connectivity index (χ1n) is 6.98. The van der Waals surface area contributed by atoms with Crippen LogP contribution < -0.4 is 10.1 Å². The molecule has 0 amide bonds. The molecule has 0 saturated heterocycles. The first-order chi connectivity index (χ1) is 10.1. The van der Waals surface area contributed by atoms with Crippen LogP contribution >= 0.6 is 11.6 Å². The lowest BCUT2D eigenvalue weighted by Crippen LogP contribution is -2.27. The molecule has 0 bridgehead atoms. The molecule has 0 heterocycles. The van der Waals surface area contributed by atoms with E-state index in [1.807, 2.05) is 38.1 Å². The highest BCUT2D eigenvalue weighted by Crippen LogP contribution is 2.26. The predicted molar refractivity (Wildman–Crippen MR) is 84.5 cm³/mol. The molecule has 1 atom stereocenters. The molecule has 1 N–H and O–H groups in total. The third-order valence-corrected chi connectivity index (χ3v) is 3.52. The highest BCUT2D eigenvalue weighted by atomic mass is 35.5. The lowest BCUT2D eigenvalue weighted by molar-refractivity contribution is 0.265. The van der Waals surface area contributed by atoms with Crippen LogP contribution in [0.1, 0.15) is 24.1 Å². The van der Waals surface area contributed by atoms with Gasteiger partial charge in [-0.15, -0.1) is 0 Å². The van der Waals surface area contributed by atoms with Crippen molar-refractivity contribution >= 4 is 11.6 Å². The molecule has 2 aromatic carbocycles. The molecule has 0 radical (unpaired) electrons. The largest absolute Gasteiger partial charge is 0.490 e. The molecule has 112 valence electrons. The third-order valence-electron chi connectivity index (χ3n) is 3.22. The number of likely N-dealkylation sites (N-methyl/N-ethyl adjacent to an activating group) is 1. The fourth-order valence-electron chi connectivity index (χ4n) is 2.16. The minimum absolute atomic E-state index is 0.214. The van der Waals surface area contributed by atoms with Gasteiger partial charge in [-0.25, -0.2) is 4.39 Å². The van der Waals surface area contributed by atoms with Crippen molar-refractivity contribution in [2.45, 2.75) is 19.9 Å². The fourth-order valence-corrected chi connectivity index (χ4v) is 2.45. The predicted octanol–water partition coefficient (Wildman–Crippen LogP) is 4.52. The molecule has 0 aromatic heterocycles. The summed E-state index contributed by atoms with van der Waals surface area (Å²) in [7, 11) is 0. The molecular weight excluding hydrogens is 289 g/mol. The molecule has 0 aliphatic heterocycles. The molecule has 0 saturated carbocycles. The topological polar surface area (TPSA) is 21.3 Å². The Hall–Kier alpha value is -1.58. The van der Waals surface area contributed by atoms with Gasteiger partial charge in [0.1, 0.15) is 18.2 Å². The van der Waals surface area contributed by atoms with Gasteiger partial charge in [0.05, 0.1) is 11.1 Å². The Labute approximate surface area is 129 Å². The Morgan fingerprint density at radius 2 is 2.00 bits per heavy atom. The highest BCUT2D eigenvalue weighted by Gasteiger charge is 2.15. The molecule has 0 aliphatic rings. The van der Waals surface area contributed by atoms with Gasteiger partial charge in [0, 0.05) is 5.56 Å². The van der Waals surface area contributed by atoms with Crippen LogP contribution in [0.5, 0.6) is 5.75 Å². The Kier molecular flexibility index (Phi) is 5.59. The average Bonchev–Trinajstić information content (AvgIpc) is 2.46. The van der Waals surface area contributed by atoms with Crippen LogP contribution in [-0.4, -0.2) is 13.2 Å². The third kappa shape index (κ3) is 4.19. The molecule has 2 rings (SSSR count). The van der Waals surface area contributed by atoms with E-state index in [9.17, 15) is 4.39 Å².